The molecular weight excluding hydrogens is 412 g/mol. The van der Waals surface area contributed by atoms with Crippen LogP contribution in [0.15, 0.2) is 78.3 Å². The Morgan fingerprint density at radius 2 is 1.69 bits per heavy atom. The average molecular weight is 449 g/mol. The van der Waals surface area contributed by atoms with Gasteiger partial charge >= 0.3 is 0 Å². The van der Waals surface area contributed by atoms with E-state index in [1.165, 1.54) is 11.1 Å². The summed E-state index contributed by atoms with van der Waals surface area (Å²) in [7, 11) is -1.81. The summed E-state index contributed by atoms with van der Waals surface area (Å²) in [5.74, 6) is 3.83. The number of benzene rings is 2. The summed E-state index contributed by atoms with van der Waals surface area (Å²) < 4.78 is 18.6. The van der Waals surface area contributed by atoms with Gasteiger partial charge in [-0.15, -0.1) is 0 Å². The second-order valence-electron chi connectivity index (χ2n) is 10.5. The Hall–Kier alpha value is -2.46. The number of rotatable bonds is 6. The van der Waals surface area contributed by atoms with Gasteiger partial charge in [0.15, 0.2) is 0 Å². The molecule has 2 atom stereocenters. The van der Waals surface area contributed by atoms with Gasteiger partial charge in [-0.2, -0.15) is 0 Å². The Morgan fingerprint density at radius 3 is 2.38 bits per heavy atom. The average Bonchev–Trinajstić information content (AvgIpc) is 2.77. The largest absolute Gasteiger partial charge is 0.544 e. The maximum Gasteiger partial charge on any atom is 0.250 e. The highest BCUT2D eigenvalue weighted by Gasteiger charge is 2.39. The van der Waals surface area contributed by atoms with Gasteiger partial charge in [0.25, 0.3) is 0 Å². The highest BCUT2D eigenvalue weighted by molar-refractivity contribution is 6.74. The predicted octanol–water partition coefficient (Wildman–Crippen LogP) is 7.58. The van der Waals surface area contributed by atoms with Crippen LogP contribution in [-0.4, -0.2) is 14.9 Å². The summed E-state index contributed by atoms with van der Waals surface area (Å²) in [5.41, 5.74) is 2.52. The standard InChI is InChI=1S/C28H36O3Si/c1-28(2,3)32(4,5)31-25-14-11-22(12-15-25)24-17-23-13-16-26(18-27(23)30-20-24)29-19-21-9-7-6-8-10-21/h6-12,14-16,18,23-24H,13,17,19-20H2,1-5H3. The number of hydrogen-bond acceptors (Lipinski definition) is 3. The van der Waals surface area contributed by atoms with Gasteiger partial charge in [0.2, 0.25) is 8.32 Å². The molecule has 1 aliphatic heterocycles. The van der Waals surface area contributed by atoms with Crippen molar-refractivity contribution in [3.05, 3.63) is 89.4 Å². The molecule has 0 spiro atoms. The van der Waals surface area contributed by atoms with E-state index in [1.54, 1.807) is 0 Å². The monoisotopic (exact) mass is 448 g/mol. The van der Waals surface area contributed by atoms with E-state index in [0.717, 1.165) is 36.7 Å². The lowest BCUT2D eigenvalue weighted by Gasteiger charge is -2.36. The van der Waals surface area contributed by atoms with Gasteiger partial charge in [-0.25, -0.2) is 0 Å². The zero-order valence-corrected chi connectivity index (χ0v) is 21.1. The summed E-state index contributed by atoms with van der Waals surface area (Å²) >= 11 is 0. The Balaban J connectivity index is 1.33. The van der Waals surface area contributed by atoms with Gasteiger partial charge in [0.1, 0.15) is 23.9 Å². The molecule has 4 heteroatoms. The molecule has 0 radical (unpaired) electrons. The van der Waals surface area contributed by atoms with E-state index in [4.69, 9.17) is 13.9 Å². The number of fused-ring (bicyclic) bond motifs is 1. The highest BCUT2D eigenvalue weighted by Crippen LogP contribution is 2.41. The van der Waals surface area contributed by atoms with Gasteiger partial charge in [-0.1, -0.05) is 63.2 Å². The van der Waals surface area contributed by atoms with E-state index < -0.39 is 8.32 Å². The van der Waals surface area contributed by atoms with Crippen molar-refractivity contribution in [1.29, 1.82) is 0 Å². The van der Waals surface area contributed by atoms with Crippen LogP contribution in [0.4, 0.5) is 0 Å². The SMILES string of the molecule is CC(C)(C)[Si](C)(C)Oc1ccc(C2COC3=CC(OCc4ccccc4)=CCC3C2)cc1. The van der Waals surface area contributed by atoms with Crippen molar-refractivity contribution in [3.8, 4) is 5.75 Å². The number of ether oxygens (including phenoxy) is 2. The lowest BCUT2D eigenvalue weighted by molar-refractivity contribution is 0.101. The molecule has 2 unspecified atom stereocenters. The van der Waals surface area contributed by atoms with E-state index in [9.17, 15) is 0 Å². The minimum absolute atomic E-state index is 0.198. The van der Waals surface area contributed by atoms with Crippen molar-refractivity contribution < 1.29 is 13.9 Å². The van der Waals surface area contributed by atoms with Crippen LogP contribution in [-0.2, 0) is 16.1 Å². The fourth-order valence-corrected chi connectivity index (χ4v) is 5.03. The van der Waals surface area contributed by atoms with Crippen LogP contribution in [0, 0.1) is 5.92 Å². The van der Waals surface area contributed by atoms with E-state index >= 15 is 0 Å². The summed E-state index contributed by atoms with van der Waals surface area (Å²) in [6.45, 7) is 12.7. The molecule has 0 amide bonds. The van der Waals surface area contributed by atoms with E-state index in [2.05, 4.69) is 82.4 Å². The van der Waals surface area contributed by atoms with Crippen molar-refractivity contribution >= 4 is 8.32 Å². The zero-order chi connectivity index (χ0) is 22.8. The molecule has 1 aliphatic carbocycles. The first kappa shape index (κ1) is 22.7. The van der Waals surface area contributed by atoms with Crippen LogP contribution in [0.3, 0.4) is 0 Å². The Labute approximate surface area is 194 Å². The molecular formula is C28H36O3Si. The highest BCUT2D eigenvalue weighted by atomic mass is 28.4. The van der Waals surface area contributed by atoms with E-state index in [-0.39, 0.29) is 5.04 Å². The first-order valence-corrected chi connectivity index (χ1v) is 14.6. The lowest BCUT2D eigenvalue weighted by atomic mass is 9.82. The first-order chi connectivity index (χ1) is 15.2. The first-order valence-electron chi connectivity index (χ1n) is 11.7. The van der Waals surface area contributed by atoms with Gasteiger partial charge < -0.3 is 13.9 Å². The maximum absolute atomic E-state index is 6.44. The van der Waals surface area contributed by atoms with Gasteiger partial charge in [-0.05, 0) is 60.3 Å². The fourth-order valence-electron chi connectivity index (χ4n) is 4.00. The Morgan fingerprint density at radius 1 is 0.969 bits per heavy atom. The molecule has 0 saturated carbocycles. The van der Waals surface area contributed by atoms with Crippen molar-refractivity contribution in [1.82, 2.24) is 0 Å². The molecule has 32 heavy (non-hydrogen) atoms. The van der Waals surface area contributed by atoms with Crippen LogP contribution in [0.25, 0.3) is 0 Å². The van der Waals surface area contributed by atoms with Gasteiger partial charge in [0.05, 0.1) is 6.61 Å². The predicted molar refractivity (Wildman–Crippen MR) is 133 cm³/mol. The van der Waals surface area contributed by atoms with Crippen molar-refractivity contribution in [2.24, 2.45) is 5.92 Å². The van der Waals surface area contributed by atoms with Crippen LogP contribution in [0.2, 0.25) is 18.1 Å². The second kappa shape index (κ2) is 9.19. The third-order valence-electron chi connectivity index (χ3n) is 7.09. The molecule has 4 rings (SSSR count). The Bertz CT molecular complexity index is 968. The molecule has 1 saturated heterocycles. The van der Waals surface area contributed by atoms with Crippen LogP contribution in [0.5, 0.6) is 5.75 Å². The summed E-state index contributed by atoms with van der Waals surface area (Å²) in [5, 5.41) is 0.198. The third-order valence-corrected chi connectivity index (χ3v) is 11.4. The molecule has 0 N–H and O–H groups in total. The summed E-state index contributed by atoms with van der Waals surface area (Å²) in [4.78, 5) is 0. The normalized spacial score (nSPS) is 21.0. The minimum atomic E-state index is -1.81. The topological polar surface area (TPSA) is 27.7 Å². The smallest absolute Gasteiger partial charge is 0.250 e. The molecule has 2 aromatic rings. The molecule has 2 aromatic carbocycles. The molecule has 0 bridgehead atoms. The van der Waals surface area contributed by atoms with Crippen LogP contribution >= 0.6 is 0 Å². The molecule has 1 heterocycles. The minimum Gasteiger partial charge on any atom is -0.544 e. The fraction of sp³-hybridized carbons (Fsp3) is 0.429. The molecule has 1 fully saturated rings. The number of allylic oxidation sites excluding steroid dienone is 3. The zero-order valence-electron chi connectivity index (χ0n) is 20.1. The van der Waals surface area contributed by atoms with Gasteiger partial charge in [-0.3, -0.25) is 0 Å². The quantitative estimate of drug-likeness (QED) is 0.426. The van der Waals surface area contributed by atoms with Crippen molar-refractivity contribution in [2.75, 3.05) is 6.61 Å². The molecule has 0 aromatic heterocycles. The molecule has 170 valence electrons. The lowest BCUT2D eigenvalue weighted by Crippen LogP contribution is -2.43. The molecule has 2 aliphatic rings. The van der Waals surface area contributed by atoms with Crippen molar-refractivity contribution in [3.63, 3.8) is 0 Å². The molecule has 3 nitrogen and oxygen atoms in total. The summed E-state index contributed by atoms with van der Waals surface area (Å²) in [6.07, 6.45) is 6.37. The number of hydrogen-bond donors (Lipinski definition) is 0. The van der Waals surface area contributed by atoms with Crippen molar-refractivity contribution in [2.45, 2.75) is 64.3 Å². The van der Waals surface area contributed by atoms with E-state index in [1.807, 2.05) is 18.2 Å². The van der Waals surface area contributed by atoms with Gasteiger partial charge in [0, 0.05) is 17.9 Å². The van der Waals surface area contributed by atoms with Crippen LogP contribution < -0.4 is 4.43 Å². The third kappa shape index (κ3) is 5.29. The second-order valence-corrected chi connectivity index (χ2v) is 15.3. The Kier molecular flexibility index (Phi) is 6.52. The van der Waals surface area contributed by atoms with E-state index in [0.29, 0.717) is 18.4 Å². The summed E-state index contributed by atoms with van der Waals surface area (Å²) in [6, 6.07) is 19.0. The maximum atomic E-state index is 6.44. The van der Waals surface area contributed by atoms with Crippen LogP contribution in [0.1, 0.15) is 50.7 Å².